The van der Waals surface area contributed by atoms with Crippen LogP contribution in [0.4, 0.5) is 5.69 Å². The Morgan fingerprint density at radius 3 is 2.33 bits per heavy atom. The summed E-state index contributed by atoms with van der Waals surface area (Å²) in [4.78, 5) is 35.5. The van der Waals surface area contributed by atoms with Crippen LogP contribution in [0.3, 0.4) is 0 Å². The molecule has 0 radical (unpaired) electrons. The lowest BCUT2D eigenvalue weighted by Crippen LogP contribution is -2.49. The number of imide groups is 1. The van der Waals surface area contributed by atoms with Crippen LogP contribution in [0.25, 0.3) is 0 Å². The SMILES string of the molecule is O=C1c2ccccc2C(=O)N1CCN1CCN(c2ccc(OC[C@@H]3CO[C@@](Cn4ccnc4)(c4ccc(Cl)cc4Cl)O3)cc2)CC1. The minimum absolute atomic E-state index is 0.201. The van der Waals surface area contributed by atoms with Crippen molar-refractivity contribution in [1.82, 2.24) is 19.4 Å². The maximum Gasteiger partial charge on any atom is 0.261 e. The van der Waals surface area contributed by atoms with E-state index in [9.17, 15) is 9.59 Å². The summed E-state index contributed by atoms with van der Waals surface area (Å²) in [6.07, 6.45) is 4.95. The molecular weight excluding hydrogens is 629 g/mol. The fraction of sp³-hybridized carbons (Fsp3) is 0.324. The molecule has 2 atom stereocenters. The van der Waals surface area contributed by atoms with Crippen LogP contribution in [0.2, 0.25) is 10.0 Å². The summed E-state index contributed by atoms with van der Waals surface area (Å²) in [7, 11) is 0. The molecule has 0 N–H and O–H groups in total. The molecule has 0 unspecified atom stereocenters. The highest BCUT2D eigenvalue weighted by Gasteiger charge is 2.45. The molecule has 4 heterocycles. The summed E-state index contributed by atoms with van der Waals surface area (Å²) in [6.45, 7) is 5.46. The molecule has 46 heavy (non-hydrogen) atoms. The number of rotatable bonds is 10. The van der Waals surface area contributed by atoms with Crippen molar-refractivity contribution in [2.45, 2.75) is 18.4 Å². The Bertz CT molecular complexity index is 1680. The van der Waals surface area contributed by atoms with E-state index in [0.717, 1.165) is 37.6 Å². The summed E-state index contributed by atoms with van der Waals surface area (Å²) in [5.41, 5.74) is 2.80. The predicted molar refractivity (Wildman–Crippen MR) is 174 cm³/mol. The first-order valence-electron chi connectivity index (χ1n) is 15.3. The second-order valence-electron chi connectivity index (χ2n) is 11.6. The first kappa shape index (κ1) is 30.7. The fourth-order valence-corrected chi connectivity index (χ4v) is 6.78. The number of carbonyl (C=O) groups is 2. The standard InChI is InChI=1S/C34H33Cl2N5O5/c35-24-5-10-30(31(36)19-24)34(22-39-12-11-37-23-39)45-21-27(46-34)20-44-26-8-6-25(7-9-26)40-16-13-38(14-17-40)15-18-41-32(42)28-3-1-2-4-29(28)33(41)43/h1-12,19,23,27H,13-18,20-22H2/t27-,34-/m1/s1. The molecule has 10 nitrogen and oxygen atoms in total. The van der Waals surface area contributed by atoms with Gasteiger partial charge in [0.05, 0.1) is 35.6 Å². The molecule has 3 aliphatic heterocycles. The third-order valence-electron chi connectivity index (χ3n) is 8.68. The van der Waals surface area contributed by atoms with Crippen molar-refractivity contribution in [3.8, 4) is 5.75 Å². The van der Waals surface area contributed by atoms with E-state index in [1.165, 1.54) is 4.90 Å². The zero-order valence-corrected chi connectivity index (χ0v) is 26.6. The van der Waals surface area contributed by atoms with E-state index in [-0.39, 0.29) is 17.9 Å². The van der Waals surface area contributed by atoms with E-state index in [4.69, 9.17) is 37.4 Å². The lowest BCUT2D eigenvalue weighted by atomic mass is 10.1. The first-order chi connectivity index (χ1) is 22.4. The lowest BCUT2D eigenvalue weighted by Gasteiger charge is -2.36. The number of aromatic nitrogens is 2. The van der Waals surface area contributed by atoms with E-state index in [2.05, 4.69) is 26.9 Å². The van der Waals surface area contributed by atoms with Crippen molar-refractivity contribution in [2.75, 3.05) is 57.4 Å². The molecule has 0 spiro atoms. The highest BCUT2D eigenvalue weighted by atomic mass is 35.5. The Labute approximate surface area is 277 Å². The number of amides is 2. The van der Waals surface area contributed by atoms with Gasteiger partial charge in [-0.05, 0) is 48.5 Å². The van der Waals surface area contributed by atoms with Gasteiger partial charge < -0.3 is 23.7 Å². The van der Waals surface area contributed by atoms with Crippen LogP contribution in [0, 0.1) is 0 Å². The van der Waals surface area contributed by atoms with E-state index in [0.29, 0.717) is 59.6 Å². The van der Waals surface area contributed by atoms with Gasteiger partial charge in [0.2, 0.25) is 5.79 Å². The number of nitrogens with zero attached hydrogens (tertiary/aromatic N) is 5. The fourth-order valence-electron chi connectivity index (χ4n) is 6.23. The largest absolute Gasteiger partial charge is 0.491 e. The zero-order chi connectivity index (χ0) is 31.7. The maximum atomic E-state index is 12.7. The van der Waals surface area contributed by atoms with Gasteiger partial charge in [0.1, 0.15) is 18.5 Å². The van der Waals surface area contributed by atoms with Crippen molar-refractivity contribution >= 4 is 40.7 Å². The third-order valence-corrected chi connectivity index (χ3v) is 9.23. The first-order valence-corrected chi connectivity index (χ1v) is 16.0. The topological polar surface area (TPSA) is 89.4 Å². The van der Waals surface area contributed by atoms with Gasteiger partial charge in [-0.3, -0.25) is 19.4 Å². The minimum Gasteiger partial charge on any atom is -0.491 e. The summed E-state index contributed by atoms with van der Waals surface area (Å²) in [6, 6.07) is 20.4. The molecule has 7 rings (SSSR count). The Kier molecular flexibility index (Phi) is 8.72. The van der Waals surface area contributed by atoms with Crippen LogP contribution in [0.15, 0.2) is 85.5 Å². The van der Waals surface area contributed by atoms with Crippen molar-refractivity contribution < 1.29 is 23.8 Å². The highest BCUT2D eigenvalue weighted by Crippen LogP contribution is 2.40. The molecule has 2 amide bonds. The molecule has 238 valence electrons. The summed E-state index contributed by atoms with van der Waals surface area (Å²) >= 11 is 12.7. The smallest absolute Gasteiger partial charge is 0.261 e. The van der Waals surface area contributed by atoms with Crippen molar-refractivity contribution in [1.29, 1.82) is 0 Å². The highest BCUT2D eigenvalue weighted by molar-refractivity contribution is 6.35. The number of hydrogen-bond acceptors (Lipinski definition) is 8. The van der Waals surface area contributed by atoms with E-state index in [1.807, 2.05) is 29.0 Å². The molecule has 0 saturated carbocycles. The summed E-state index contributed by atoms with van der Waals surface area (Å²) in [5, 5.41) is 1.00. The average Bonchev–Trinajstić information content (AvgIpc) is 3.79. The summed E-state index contributed by atoms with van der Waals surface area (Å²) < 4.78 is 20.8. The number of fused-ring (bicyclic) bond motifs is 1. The van der Waals surface area contributed by atoms with Crippen LogP contribution in [0.5, 0.6) is 5.75 Å². The van der Waals surface area contributed by atoms with E-state index in [1.54, 1.807) is 48.9 Å². The second-order valence-corrected chi connectivity index (χ2v) is 12.4. The van der Waals surface area contributed by atoms with Gasteiger partial charge in [-0.2, -0.15) is 0 Å². The lowest BCUT2D eigenvalue weighted by molar-refractivity contribution is -0.189. The van der Waals surface area contributed by atoms with Gasteiger partial charge in [0.25, 0.3) is 11.8 Å². The minimum atomic E-state index is -1.10. The van der Waals surface area contributed by atoms with Crippen molar-refractivity contribution in [3.05, 3.63) is 112 Å². The molecular formula is C34H33Cl2N5O5. The predicted octanol–water partition coefficient (Wildman–Crippen LogP) is 4.96. The molecule has 3 aliphatic rings. The molecule has 2 fully saturated rings. The quantitative estimate of drug-likeness (QED) is 0.221. The van der Waals surface area contributed by atoms with E-state index < -0.39 is 5.79 Å². The van der Waals surface area contributed by atoms with Crippen LogP contribution >= 0.6 is 23.2 Å². The molecule has 1 aromatic heterocycles. The zero-order valence-electron chi connectivity index (χ0n) is 25.1. The normalized spacial score (nSPS) is 21.7. The number of piperazine rings is 1. The van der Waals surface area contributed by atoms with E-state index >= 15 is 0 Å². The Hall–Kier alpha value is -3.93. The maximum absolute atomic E-state index is 12.7. The van der Waals surface area contributed by atoms with Crippen molar-refractivity contribution in [3.63, 3.8) is 0 Å². The van der Waals surface area contributed by atoms with Gasteiger partial charge in [-0.1, -0.05) is 41.4 Å². The van der Waals surface area contributed by atoms with Crippen LogP contribution in [-0.2, 0) is 21.8 Å². The van der Waals surface area contributed by atoms with Gasteiger partial charge in [0.15, 0.2) is 0 Å². The number of imidazole rings is 1. The summed E-state index contributed by atoms with van der Waals surface area (Å²) in [5.74, 6) is -0.766. The number of halogens is 2. The average molecular weight is 663 g/mol. The Balaban J connectivity index is 0.900. The van der Waals surface area contributed by atoms with Crippen LogP contribution < -0.4 is 9.64 Å². The van der Waals surface area contributed by atoms with Gasteiger partial charge in [0, 0.05) is 67.9 Å². The van der Waals surface area contributed by atoms with Crippen molar-refractivity contribution in [2.24, 2.45) is 0 Å². The number of carbonyl (C=O) groups excluding carboxylic acids is 2. The number of ether oxygens (including phenoxy) is 3. The molecule has 0 aliphatic carbocycles. The Morgan fingerprint density at radius 1 is 0.913 bits per heavy atom. The van der Waals surface area contributed by atoms with Crippen LogP contribution in [-0.4, -0.2) is 89.8 Å². The number of hydrogen-bond donors (Lipinski definition) is 0. The van der Waals surface area contributed by atoms with Crippen LogP contribution in [0.1, 0.15) is 26.3 Å². The molecule has 2 saturated heterocycles. The number of anilines is 1. The van der Waals surface area contributed by atoms with Gasteiger partial charge >= 0.3 is 0 Å². The number of benzene rings is 3. The Morgan fingerprint density at radius 2 is 1.65 bits per heavy atom. The monoisotopic (exact) mass is 661 g/mol. The second kappa shape index (κ2) is 13.1. The van der Waals surface area contributed by atoms with Gasteiger partial charge in [-0.15, -0.1) is 0 Å². The third kappa shape index (κ3) is 6.23. The molecule has 4 aromatic rings. The molecule has 0 bridgehead atoms. The molecule has 12 heteroatoms. The molecule has 3 aromatic carbocycles. The van der Waals surface area contributed by atoms with Gasteiger partial charge in [-0.25, -0.2) is 4.98 Å².